The Balaban J connectivity index is 1.82. The first-order valence-electron chi connectivity index (χ1n) is 8.91. The summed E-state index contributed by atoms with van der Waals surface area (Å²) in [5, 5.41) is 23.0. The van der Waals surface area contributed by atoms with Crippen molar-refractivity contribution in [1.82, 2.24) is 15.5 Å². The van der Waals surface area contributed by atoms with Crippen LogP contribution in [0.15, 0.2) is 30.3 Å². The maximum atomic E-state index is 10.1. The van der Waals surface area contributed by atoms with Crippen molar-refractivity contribution in [2.75, 3.05) is 11.9 Å². The molecular weight excluding hydrogens is 348 g/mol. The molecule has 6 heteroatoms. The van der Waals surface area contributed by atoms with Gasteiger partial charge in [0, 0.05) is 34.8 Å². The summed E-state index contributed by atoms with van der Waals surface area (Å²) in [5.74, 6) is 0.940. The SMILES string of the molecule is CN(c1ccc(-c2ccc(Cl)cc2O)nn1)C1CC(C)(C)NC(C)(C)C1. The van der Waals surface area contributed by atoms with Crippen LogP contribution in [0.5, 0.6) is 5.75 Å². The van der Waals surface area contributed by atoms with E-state index in [1.165, 1.54) is 6.07 Å². The highest BCUT2D eigenvalue weighted by molar-refractivity contribution is 6.30. The van der Waals surface area contributed by atoms with Gasteiger partial charge in [-0.25, -0.2) is 0 Å². The molecule has 0 atom stereocenters. The molecule has 0 saturated carbocycles. The standard InChI is InChI=1S/C20H27ClN4O/c1-19(2)11-14(12-20(3,4)24-19)25(5)18-9-8-16(22-23-18)15-7-6-13(21)10-17(15)26/h6-10,14,24,26H,11-12H2,1-5H3. The lowest BCUT2D eigenvalue weighted by molar-refractivity contribution is 0.160. The number of hydrogen-bond acceptors (Lipinski definition) is 5. The molecule has 1 aliphatic heterocycles. The molecule has 1 aliphatic rings. The molecule has 0 aliphatic carbocycles. The number of aromatic nitrogens is 2. The van der Waals surface area contributed by atoms with E-state index in [-0.39, 0.29) is 16.8 Å². The summed E-state index contributed by atoms with van der Waals surface area (Å²) < 4.78 is 0. The Hall–Kier alpha value is -1.85. The zero-order valence-electron chi connectivity index (χ0n) is 16.0. The molecule has 1 saturated heterocycles. The second-order valence-electron chi connectivity index (χ2n) is 8.50. The minimum Gasteiger partial charge on any atom is -0.507 e. The van der Waals surface area contributed by atoms with Gasteiger partial charge in [-0.2, -0.15) is 0 Å². The van der Waals surface area contributed by atoms with Gasteiger partial charge in [0.15, 0.2) is 5.82 Å². The lowest BCUT2D eigenvalue weighted by atomic mass is 9.79. The molecule has 3 rings (SSSR count). The van der Waals surface area contributed by atoms with Crippen molar-refractivity contribution in [2.24, 2.45) is 0 Å². The number of piperidine rings is 1. The monoisotopic (exact) mass is 374 g/mol. The van der Waals surface area contributed by atoms with E-state index in [1.807, 2.05) is 12.1 Å². The Morgan fingerprint density at radius 1 is 1.08 bits per heavy atom. The van der Waals surface area contributed by atoms with Crippen molar-refractivity contribution in [3.63, 3.8) is 0 Å². The number of nitrogens with zero attached hydrogens (tertiary/aromatic N) is 3. The van der Waals surface area contributed by atoms with Gasteiger partial charge >= 0.3 is 0 Å². The van der Waals surface area contributed by atoms with Crippen LogP contribution in [0.4, 0.5) is 5.82 Å². The predicted octanol–water partition coefficient (Wildman–Crippen LogP) is 4.25. The quantitative estimate of drug-likeness (QED) is 0.841. The van der Waals surface area contributed by atoms with Crippen LogP contribution in [0.25, 0.3) is 11.3 Å². The fourth-order valence-electron chi connectivity index (χ4n) is 4.11. The highest BCUT2D eigenvalue weighted by atomic mass is 35.5. The third-order valence-corrected chi connectivity index (χ3v) is 5.20. The number of benzene rings is 1. The van der Waals surface area contributed by atoms with Crippen molar-refractivity contribution in [3.05, 3.63) is 35.4 Å². The molecule has 0 spiro atoms. The zero-order chi connectivity index (χ0) is 19.1. The molecule has 0 unspecified atom stereocenters. The second-order valence-corrected chi connectivity index (χ2v) is 8.94. The van der Waals surface area contributed by atoms with Crippen molar-refractivity contribution >= 4 is 17.4 Å². The molecule has 2 heterocycles. The van der Waals surface area contributed by atoms with Crippen molar-refractivity contribution in [1.29, 1.82) is 0 Å². The number of halogens is 1. The molecule has 0 radical (unpaired) electrons. The second kappa shape index (κ2) is 6.71. The van der Waals surface area contributed by atoms with Crippen molar-refractivity contribution < 1.29 is 5.11 Å². The molecular formula is C20H27ClN4O. The zero-order valence-corrected chi connectivity index (χ0v) is 16.8. The van der Waals surface area contributed by atoms with E-state index in [0.717, 1.165) is 18.7 Å². The summed E-state index contributed by atoms with van der Waals surface area (Å²) in [6, 6.07) is 9.22. The third-order valence-electron chi connectivity index (χ3n) is 4.96. The summed E-state index contributed by atoms with van der Waals surface area (Å²) in [4.78, 5) is 2.21. The Bertz CT molecular complexity index is 773. The minimum absolute atomic E-state index is 0.0726. The molecule has 2 N–H and O–H groups in total. The number of anilines is 1. The van der Waals surface area contributed by atoms with Gasteiger partial charge in [-0.3, -0.25) is 0 Å². The third kappa shape index (κ3) is 4.10. The van der Waals surface area contributed by atoms with Crippen LogP contribution in [0.3, 0.4) is 0 Å². The normalized spacial score (nSPS) is 19.3. The van der Waals surface area contributed by atoms with Gasteiger partial charge in [0.25, 0.3) is 0 Å². The van der Waals surface area contributed by atoms with Crippen LogP contribution in [-0.2, 0) is 0 Å². The summed E-state index contributed by atoms with van der Waals surface area (Å²) in [5.41, 5.74) is 1.40. The van der Waals surface area contributed by atoms with Crippen LogP contribution in [-0.4, -0.2) is 39.5 Å². The van der Waals surface area contributed by atoms with Crippen LogP contribution in [0.2, 0.25) is 5.02 Å². The Morgan fingerprint density at radius 3 is 2.27 bits per heavy atom. The van der Waals surface area contributed by atoms with Crippen molar-refractivity contribution in [3.8, 4) is 17.0 Å². The maximum Gasteiger partial charge on any atom is 0.151 e. The molecule has 1 fully saturated rings. The van der Waals surface area contributed by atoms with E-state index in [9.17, 15) is 5.11 Å². The Kier molecular flexibility index (Phi) is 4.88. The van der Waals surface area contributed by atoms with Crippen LogP contribution >= 0.6 is 11.6 Å². The highest BCUT2D eigenvalue weighted by Gasteiger charge is 2.39. The fraction of sp³-hybridized carbons (Fsp3) is 0.500. The topological polar surface area (TPSA) is 61.3 Å². The molecule has 26 heavy (non-hydrogen) atoms. The predicted molar refractivity (Wildman–Crippen MR) is 107 cm³/mol. The summed E-state index contributed by atoms with van der Waals surface area (Å²) >= 11 is 5.90. The average molecular weight is 375 g/mol. The number of aromatic hydroxyl groups is 1. The Labute approximate surface area is 160 Å². The number of nitrogens with one attached hydrogen (secondary N) is 1. The van der Waals surface area contributed by atoms with Gasteiger partial charge in [0.2, 0.25) is 0 Å². The lowest BCUT2D eigenvalue weighted by Crippen LogP contribution is -2.62. The molecule has 1 aromatic carbocycles. The number of rotatable bonds is 3. The lowest BCUT2D eigenvalue weighted by Gasteiger charge is -2.49. The first kappa shape index (κ1) is 18.9. The molecule has 0 amide bonds. The van der Waals surface area contributed by atoms with E-state index < -0.39 is 0 Å². The van der Waals surface area contributed by atoms with E-state index >= 15 is 0 Å². The van der Waals surface area contributed by atoms with E-state index in [4.69, 9.17) is 11.6 Å². The van der Waals surface area contributed by atoms with Gasteiger partial charge < -0.3 is 15.3 Å². The van der Waals surface area contributed by atoms with Gasteiger partial charge in [-0.1, -0.05) is 11.6 Å². The van der Waals surface area contributed by atoms with Gasteiger partial charge in [-0.05, 0) is 70.9 Å². The smallest absolute Gasteiger partial charge is 0.151 e. The minimum atomic E-state index is 0.0726. The van der Waals surface area contributed by atoms with E-state index in [1.54, 1.807) is 12.1 Å². The van der Waals surface area contributed by atoms with Gasteiger partial charge in [0.1, 0.15) is 5.75 Å². The molecule has 5 nitrogen and oxygen atoms in total. The molecule has 0 bridgehead atoms. The largest absolute Gasteiger partial charge is 0.507 e. The Morgan fingerprint density at radius 2 is 1.73 bits per heavy atom. The number of hydrogen-bond donors (Lipinski definition) is 2. The number of phenolic OH excluding ortho intramolecular Hbond substituents is 1. The molecule has 140 valence electrons. The van der Waals surface area contributed by atoms with Crippen molar-refractivity contribution in [2.45, 2.75) is 57.7 Å². The first-order chi connectivity index (χ1) is 12.1. The van der Waals surface area contributed by atoms with Crippen LogP contribution in [0.1, 0.15) is 40.5 Å². The first-order valence-corrected chi connectivity index (χ1v) is 9.29. The van der Waals surface area contributed by atoms with Gasteiger partial charge in [0.05, 0.1) is 5.69 Å². The van der Waals surface area contributed by atoms with E-state index in [0.29, 0.717) is 22.3 Å². The number of phenols is 1. The van der Waals surface area contributed by atoms with Crippen LogP contribution < -0.4 is 10.2 Å². The highest BCUT2D eigenvalue weighted by Crippen LogP contribution is 2.34. The summed E-state index contributed by atoms with van der Waals surface area (Å²) in [6.45, 7) is 8.97. The molecule has 1 aromatic heterocycles. The molecule has 2 aromatic rings. The summed E-state index contributed by atoms with van der Waals surface area (Å²) in [7, 11) is 2.07. The van der Waals surface area contributed by atoms with Gasteiger partial charge in [-0.15, -0.1) is 10.2 Å². The summed E-state index contributed by atoms with van der Waals surface area (Å²) in [6.07, 6.45) is 2.07. The average Bonchev–Trinajstić information content (AvgIpc) is 2.51. The van der Waals surface area contributed by atoms with E-state index in [2.05, 4.69) is 55.2 Å². The maximum absolute atomic E-state index is 10.1. The van der Waals surface area contributed by atoms with Crippen LogP contribution in [0, 0.1) is 0 Å². The fourth-order valence-corrected chi connectivity index (χ4v) is 4.27.